The lowest BCUT2D eigenvalue weighted by atomic mass is 10.1. The fourth-order valence-electron chi connectivity index (χ4n) is 2.07. The van der Waals surface area contributed by atoms with Gasteiger partial charge >= 0.3 is 0 Å². The molecule has 0 spiro atoms. The van der Waals surface area contributed by atoms with E-state index in [9.17, 15) is 0 Å². The van der Waals surface area contributed by atoms with Crippen molar-refractivity contribution in [3.8, 4) is 11.6 Å². The zero-order valence-corrected chi connectivity index (χ0v) is 13.2. The third kappa shape index (κ3) is 3.05. The van der Waals surface area contributed by atoms with Gasteiger partial charge in [-0.15, -0.1) is 22.9 Å². The molecule has 3 rings (SSSR count). The first-order valence-electron chi connectivity index (χ1n) is 6.58. The molecular formula is C15H15ClN2O2S. The average Bonchev–Trinajstić information content (AvgIpc) is 3.07. The molecule has 2 heterocycles. The molecule has 1 aromatic carbocycles. The van der Waals surface area contributed by atoms with E-state index in [1.165, 1.54) is 5.56 Å². The van der Waals surface area contributed by atoms with Crippen LogP contribution in [0.2, 0.25) is 0 Å². The molecule has 0 aliphatic heterocycles. The Morgan fingerprint density at radius 3 is 2.81 bits per heavy atom. The number of hydrogen-bond donors (Lipinski definition) is 0. The second kappa shape index (κ2) is 6.47. The minimum atomic E-state index is 0.360. The van der Waals surface area contributed by atoms with Crippen molar-refractivity contribution in [1.82, 2.24) is 9.38 Å². The summed E-state index contributed by atoms with van der Waals surface area (Å²) in [5.41, 5.74) is 2.09. The van der Waals surface area contributed by atoms with Crippen molar-refractivity contribution >= 4 is 27.9 Å². The molecule has 0 N–H and O–H groups in total. The van der Waals surface area contributed by atoms with Gasteiger partial charge in [0.15, 0.2) is 4.96 Å². The Balaban J connectivity index is 1.79. The van der Waals surface area contributed by atoms with E-state index >= 15 is 0 Å². The van der Waals surface area contributed by atoms with Gasteiger partial charge in [0.2, 0.25) is 5.88 Å². The zero-order chi connectivity index (χ0) is 14.7. The number of alkyl halides is 1. The van der Waals surface area contributed by atoms with Gasteiger partial charge in [-0.05, 0) is 24.1 Å². The summed E-state index contributed by atoms with van der Waals surface area (Å²) in [6.07, 6.45) is 2.84. The molecule has 0 bridgehead atoms. The van der Waals surface area contributed by atoms with Crippen LogP contribution in [0.3, 0.4) is 0 Å². The largest absolute Gasteiger partial charge is 0.437 e. The lowest BCUT2D eigenvalue weighted by Gasteiger charge is -2.06. The predicted octanol–water partition coefficient (Wildman–Crippen LogP) is 4.12. The molecule has 21 heavy (non-hydrogen) atoms. The summed E-state index contributed by atoms with van der Waals surface area (Å²) in [4.78, 5) is 5.35. The van der Waals surface area contributed by atoms with Gasteiger partial charge in [-0.3, -0.25) is 4.40 Å². The van der Waals surface area contributed by atoms with Gasteiger partial charge in [-0.25, -0.2) is 0 Å². The second-order valence-electron chi connectivity index (χ2n) is 4.54. The standard InChI is InChI=1S/C15H15ClN2O2S/c1-19-8-6-11-2-4-12(5-3-11)20-14-13(10-16)18-7-9-21-15(18)17-14/h2-5,7,9H,6,8,10H2,1H3. The van der Waals surface area contributed by atoms with Crippen LogP contribution in [0.4, 0.5) is 0 Å². The van der Waals surface area contributed by atoms with E-state index in [0.717, 1.165) is 22.8 Å². The zero-order valence-electron chi connectivity index (χ0n) is 11.6. The fraction of sp³-hybridized carbons (Fsp3) is 0.267. The lowest BCUT2D eigenvalue weighted by Crippen LogP contribution is -1.95. The molecule has 0 saturated carbocycles. The number of aromatic nitrogens is 2. The molecular weight excluding hydrogens is 308 g/mol. The smallest absolute Gasteiger partial charge is 0.243 e. The summed E-state index contributed by atoms with van der Waals surface area (Å²) in [5.74, 6) is 1.69. The first-order chi connectivity index (χ1) is 10.3. The Hall–Kier alpha value is -1.56. The number of thiazole rings is 1. The number of nitrogens with zero attached hydrogens (tertiary/aromatic N) is 2. The van der Waals surface area contributed by atoms with Crippen molar-refractivity contribution in [1.29, 1.82) is 0 Å². The molecule has 0 fully saturated rings. The Morgan fingerprint density at radius 1 is 1.29 bits per heavy atom. The van der Waals surface area contributed by atoms with Crippen molar-refractivity contribution in [3.05, 3.63) is 47.1 Å². The number of hydrogen-bond acceptors (Lipinski definition) is 4. The summed E-state index contributed by atoms with van der Waals surface area (Å²) < 4.78 is 12.9. The van der Waals surface area contributed by atoms with E-state index in [4.69, 9.17) is 21.1 Å². The molecule has 0 saturated heterocycles. The van der Waals surface area contributed by atoms with Crippen LogP contribution in [0, 0.1) is 0 Å². The van der Waals surface area contributed by atoms with Crippen LogP contribution in [0.1, 0.15) is 11.3 Å². The molecule has 2 aromatic heterocycles. The highest BCUT2D eigenvalue weighted by Crippen LogP contribution is 2.29. The summed E-state index contributed by atoms with van der Waals surface area (Å²) in [5, 5.41) is 1.98. The quantitative estimate of drug-likeness (QED) is 0.640. The molecule has 0 atom stereocenters. The van der Waals surface area contributed by atoms with Crippen molar-refractivity contribution in [2.45, 2.75) is 12.3 Å². The van der Waals surface area contributed by atoms with Crippen molar-refractivity contribution in [2.24, 2.45) is 0 Å². The summed E-state index contributed by atoms with van der Waals surface area (Å²) in [6, 6.07) is 7.95. The Kier molecular flexibility index (Phi) is 4.43. The van der Waals surface area contributed by atoms with Gasteiger partial charge in [-0.1, -0.05) is 12.1 Å². The van der Waals surface area contributed by atoms with Gasteiger partial charge in [0.05, 0.1) is 12.5 Å². The number of rotatable bonds is 6. The van der Waals surface area contributed by atoms with Crippen LogP contribution < -0.4 is 4.74 Å². The molecule has 0 aliphatic carbocycles. The van der Waals surface area contributed by atoms with E-state index in [2.05, 4.69) is 4.98 Å². The first-order valence-corrected chi connectivity index (χ1v) is 7.99. The summed E-state index contributed by atoms with van der Waals surface area (Å²) >= 11 is 7.57. The second-order valence-corrected chi connectivity index (χ2v) is 5.68. The van der Waals surface area contributed by atoms with E-state index in [0.29, 0.717) is 18.4 Å². The first kappa shape index (κ1) is 14.4. The van der Waals surface area contributed by atoms with Gasteiger partial charge in [0, 0.05) is 18.7 Å². The number of fused-ring (bicyclic) bond motifs is 1. The van der Waals surface area contributed by atoms with Gasteiger partial charge < -0.3 is 9.47 Å². The van der Waals surface area contributed by atoms with Crippen molar-refractivity contribution in [3.63, 3.8) is 0 Å². The monoisotopic (exact) mass is 322 g/mol. The van der Waals surface area contributed by atoms with E-state index in [-0.39, 0.29) is 0 Å². The number of halogens is 1. The van der Waals surface area contributed by atoms with Crippen molar-refractivity contribution < 1.29 is 9.47 Å². The maximum Gasteiger partial charge on any atom is 0.243 e. The molecule has 0 unspecified atom stereocenters. The minimum absolute atomic E-state index is 0.360. The number of benzene rings is 1. The van der Waals surface area contributed by atoms with E-state index in [1.54, 1.807) is 18.4 Å². The predicted molar refractivity (Wildman–Crippen MR) is 84.7 cm³/mol. The molecule has 0 aliphatic rings. The molecule has 4 nitrogen and oxygen atoms in total. The molecule has 6 heteroatoms. The maximum atomic E-state index is 6.01. The van der Waals surface area contributed by atoms with Crippen molar-refractivity contribution in [2.75, 3.05) is 13.7 Å². The van der Waals surface area contributed by atoms with Crippen LogP contribution in [-0.2, 0) is 17.0 Å². The topological polar surface area (TPSA) is 35.8 Å². The van der Waals surface area contributed by atoms with Crippen LogP contribution >= 0.6 is 22.9 Å². The third-order valence-electron chi connectivity index (χ3n) is 3.18. The fourth-order valence-corrected chi connectivity index (χ4v) is 3.04. The van der Waals surface area contributed by atoms with E-state index < -0.39 is 0 Å². The van der Waals surface area contributed by atoms with Gasteiger partial charge in [-0.2, -0.15) is 4.98 Å². The molecule has 0 amide bonds. The van der Waals surface area contributed by atoms with Crippen LogP contribution in [0.5, 0.6) is 11.6 Å². The number of ether oxygens (including phenoxy) is 2. The molecule has 110 valence electrons. The average molecular weight is 323 g/mol. The minimum Gasteiger partial charge on any atom is -0.437 e. The number of methoxy groups -OCH3 is 1. The normalized spacial score (nSPS) is 11.1. The van der Waals surface area contributed by atoms with Crippen LogP contribution in [-0.4, -0.2) is 23.1 Å². The Morgan fingerprint density at radius 2 is 2.10 bits per heavy atom. The summed E-state index contributed by atoms with van der Waals surface area (Å²) in [7, 11) is 1.70. The Labute approximate surface area is 131 Å². The third-order valence-corrected chi connectivity index (χ3v) is 4.19. The lowest BCUT2D eigenvalue weighted by molar-refractivity contribution is 0.202. The SMILES string of the molecule is COCCc1ccc(Oc2nc3sccn3c2CCl)cc1. The highest BCUT2D eigenvalue weighted by atomic mass is 35.5. The highest BCUT2D eigenvalue weighted by molar-refractivity contribution is 7.15. The highest BCUT2D eigenvalue weighted by Gasteiger charge is 2.14. The van der Waals surface area contributed by atoms with Gasteiger partial charge in [0.1, 0.15) is 11.4 Å². The summed E-state index contributed by atoms with van der Waals surface area (Å²) in [6.45, 7) is 0.716. The number of imidazole rings is 1. The molecule has 0 radical (unpaired) electrons. The van der Waals surface area contributed by atoms with Gasteiger partial charge in [0.25, 0.3) is 0 Å². The maximum absolute atomic E-state index is 6.01. The van der Waals surface area contributed by atoms with E-state index in [1.807, 2.05) is 40.2 Å². The Bertz CT molecular complexity index is 721. The van der Waals surface area contributed by atoms with Crippen LogP contribution in [0.25, 0.3) is 4.96 Å². The molecule has 3 aromatic rings. The van der Waals surface area contributed by atoms with Crippen LogP contribution in [0.15, 0.2) is 35.8 Å².